The first-order chi connectivity index (χ1) is 12.5. The molecule has 3 rings (SSSR count). The number of anilines is 1. The Bertz CT molecular complexity index is 690. The van der Waals surface area contributed by atoms with E-state index in [4.69, 9.17) is 19.4 Å². The molecule has 1 aromatic heterocycles. The molecular weight excluding hydrogens is 350 g/mol. The Morgan fingerprint density at radius 2 is 2.08 bits per heavy atom. The smallest absolute Gasteiger partial charge is 0.351 e. The number of nitrogens with zero attached hydrogens (tertiary/aromatic N) is 2. The van der Waals surface area contributed by atoms with Crippen molar-refractivity contribution in [1.29, 1.82) is 0 Å². The molecule has 4 atom stereocenters. The molecule has 2 aliphatic rings. The highest BCUT2D eigenvalue weighted by atomic mass is 16.6. The summed E-state index contributed by atoms with van der Waals surface area (Å²) in [6.07, 6.45) is -2.52. The highest BCUT2D eigenvalue weighted by molar-refractivity contribution is 5.72. The largest absolute Gasteiger partial charge is 0.463 e. The van der Waals surface area contributed by atoms with Gasteiger partial charge in [0.05, 0.1) is 5.92 Å². The summed E-state index contributed by atoms with van der Waals surface area (Å²) in [6.45, 7) is 0.749. The molecule has 2 saturated heterocycles. The van der Waals surface area contributed by atoms with Crippen LogP contribution in [-0.2, 0) is 19.0 Å². The molecule has 0 saturated carbocycles. The molecule has 0 unspecified atom stereocenters. The summed E-state index contributed by atoms with van der Waals surface area (Å²) in [6, 6.07) is 1.29. The van der Waals surface area contributed by atoms with Crippen LogP contribution in [0.3, 0.4) is 0 Å². The second-order valence-electron chi connectivity index (χ2n) is 6.18. The summed E-state index contributed by atoms with van der Waals surface area (Å²) in [5, 5.41) is 29.0. The number of ether oxygens (including phenoxy) is 3. The minimum atomic E-state index is -1.41. The van der Waals surface area contributed by atoms with Crippen molar-refractivity contribution in [3.63, 3.8) is 0 Å². The minimum absolute atomic E-state index is 0.0683. The molecule has 2 aliphatic heterocycles. The van der Waals surface area contributed by atoms with E-state index in [2.05, 4.69) is 4.98 Å². The van der Waals surface area contributed by atoms with Gasteiger partial charge in [-0.15, -0.1) is 0 Å². The van der Waals surface area contributed by atoms with E-state index >= 15 is 0 Å². The van der Waals surface area contributed by atoms with Crippen LogP contribution in [0.15, 0.2) is 17.1 Å². The van der Waals surface area contributed by atoms with Gasteiger partial charge in [-0.2, -0.15) is 4.98 Å². The monoisotopic (exact) mass is 371 g/mol. The molecule has 0 aromatic carbocycles. The fraction of sp³-hybridized carbons (Fsp3) is 0.667. The molecule has 144 valence electrons. The summed E-state index contributed by atoms with van der Waals surface area (Å²) in [5.41, 5.74) is 0.943. The second-order valence-corrected chi connectivity index (χ2v) is 6.18. The minimum Gasteiger partial charge on any atom is -0.463 e. The van der Waals surface area contributed by atoms with E-state index in [1.54, 1.807) is 5.48 Å². The average molecular weight is 371 g/mol. The van der Waals surface area contributed by atoms with Crippen molar-refractivity contribution in [1.82, 2.24) is 9.55 Å². The third kappa shape index (κ3) is 3.86. The summed E-state index contributed by atoms with van der Waals surface area (Å²) in [5.74, 6) is -0.728. The second kappa shape index (κ2) is 8.10. The molecule has 3 heterocycles. The van der Waals surface area contributed by atoms with Crippen LogP contribution in [0.5, 0.6) is 0 Å². The number of esters is 1. The van der Waals surface area contributed by atoms with Gasteiger partial charge in [0.1, 0.15) is 24.9 Å². The summed E-state index contributed by atoms with van der Waals surface area (Å²) in [7, 11) is 0. The Balaban J connectivity index is 1.62. The van der Waals surface area contributed by atoms with Crippen LogP contribution >= 0.6 is 0 Å². The Morgan fingerprint density at radius 3 is 2.73 bits per heavy atom. The number of rotatable bonds is 5. The van der Waals surface area contributed by atoms with Crippen LogP contribution < -0.4 is 11.2 Å². The molecule has 0 amide bonds. The maximum atomic E-state index is 12.0. The first-order valence-electron chi connectivity index (χ1n) is 8.26. The van der Waals surface area contributed by atoms with E-state index in [0.29, 0.717) is 26.1 Å². The van der Waals surface area contributed by atoms with Crippen LogP contribution in [0, 0.1) is 5.92 Å². The van der Waals surface area contributed by atoms with Crippen molar-refractivity contribution in [2.24, 2.45) is 5.92 Å². The molecule has 11 heteroatoms. The van der Waals surface area contributed by atoms with Crippen molar-refractivity contribution in [3.8, 4) is 0 Å². The van der Waals surface area contributed by atoms with Gasteiger partial charge in [0.25, 0.3) is 0 Å². The predicted octanol–water partition coefficient (Wildman–Crippen LogP) is -1.37. The van der Waals surface area contributed by atoms with Crippen LogP contribution in [0.25, 0.3) is 0 Å². The maximum Gasteiger partial charge on any atom is 0.351 e. The molecule has 0 spiro atoms. The third-order valence-corrected chi connectivity index (χ3v) is 4.50. The van der Waals surface area contributed by atoms with Crippen molar-refractivity contribution in [3.05, 3.63) is 22.7 Å². The molecule has 0 radical (unpaired) electrons. The van der Waals surface area contributed by atoms with Gasteiger partial charge in [-0.1, -0.05) is 0 Å². The molecule has 1 aromatic rings. The van der Waals surface area contributed by atoms with Crippen molar-refractivity contribution in [2.45, 2.75) is 37.4 Å². The first kappa shape index (κ1) is 18.7. The fourth-order valence-corrected chi connectivity index (χ4v) is 2.98. The van der Waals surface area contributed by atoms with Crippen LogP contribution in [0.4, 0.5) is 5.82 Å². The third-order valence-electron chi connectivity index (χ3n) is 4.50. The first-order valence-corrected chi connectivity index (χ1v) is 8.26. The lowest BCUT2D eigenvalue weighted by molar-refractivity contribution is -0.158. The Morgan fingerprint density at radius 1 is 1.35 bits per heavy atom. The zero-order valence-electron chi connectivity index (χ0n) is 13.9. The van der Waals surface area contributed by atoms with Gasteiger partial charge in [0.15, 0.2) is 12.0 Å². The number of aliphatic hydroxyl groups is 2. The topological polar surface area (TPSA) is 152 Å². The Hall–Kier alpha value is -2.05. The van der Waals surface area contributed by atoms with Gasteiger partial charge < -0.3 is 24.4 Å². The summed E-state index contributed by atoms with van der Waals surface area (Å²) in [4.78, 5) is 27.5. The SMILES string of the molecule is O=C(OC[C@H]1O[C@@H](n2ccc(NO)nc2=O)[C@H](O)[C@@H]1O)C1CCOCC1. The standard InChI is InChI=1S/C15H21N3O8/c19-11-9(7-25-14(21)8-2-5-24-6-3-8)26-13(12(11)20)18-4-1-10(17-23)16-15(18)22/h1,4,8-9,11-13,19-20,23H,2-3,5-7H2,(H,16,17,22)/t9-,11-,12-,13-/m1/s1. The van der Waals surface area contributed by atoms with E-state index in [-0.39, 0.29) is 18.3 Å². The summed E-state index contributed by atoms with van der Waals surface area (Å²) >= 11 is 0. The van der Waals surface area contributed by atoms with Gasteiger partial charge in [0.2, 0.25) is 0 Å². The number of nitrogens with one attached hydrogen (secondary N) is 1. The van der Waals surface area contributed by atoms with Gasteiger partial charge in [-0.25, -0.2) is 4.79 Å². The molecular formula is C15H21N3O8. The van der Waals surface area contributed by atoms with E-state index in [9.17, 15) is 19.8 Å². The van der Waals surface area contributed by atoms with Crippen LogP contribution in [0.2, 0.25) is 0 Å². The molecule has 0 bridgehead atoms. The number of hydrogen-bond acceptors (Lipinski definition) is 10. The Labute approximate surface area is 148 Å². The highest BCUT2D eigenvalue weighted by Crippen LogP contribution is 2.29. The van der Waals surface area contributed by atoms with E-state index < -0.39 is 36.2 Å². The molecule has 0 aliphatic carbocycles. The van der Waals surface area contributed by atoms with Gasteiger partial charge in [-0.3, -0.25) is 20.0 Å². The zero-order valence-corrected chi connectivity index (χ0v) is 13.9. The van der Waals surface area contributed by atoms with E-state index in [1.807, 2.05) is 0 Å². The van der Waals surface area contributed by atoms with E-state index in [0.717, 1.165) is 4.57 Å². The lowest BCUT2D eigenvalue weighted by atomic mass is 10.0. The lowest BCUT2D eigenvalue weighted by Gasteiger charge is -2.22. The van der Waals surface area contributed by atoms with Gasteiger partial charge in [0, 0.05) is 19.4 Å². The zero-order chi connectivity index (χ0) is 18.7. The molecule has 2 fully saturated rings. The van der Waals surface area contributed by atoms with Crippen molar-refractivity contribution in [2.75, 3.05) is 25.3 Å². The maximum absolute atomic E-state index is 12.0. The molecule has 4 N–H and O–H groups in total. The van der Waals surface area contributed by atoms with Gasteiger partial charge >= 0.3 is 11.7 Å². The van der Waals surface area contributed by atoms with Gasteiger partial charge in [-0.05, 0) is 18.9 Å². The number of hydrogen-bond donors (Lipinski definition) is 4. The average Bonchev–Trinajstić information content (AvgIpc) is 2.95. The fourth-order valence-electron chi connectivity index (χ4n) is 2.98. The lowest BCUT2D eigenvalue weighted by Crippen LogP contribution is -2.37. The van der Waals surface area contributed by atoms with Crippen molar-refractivity contribution >= 4 is 11.8 Å². The highest BCUT2D eigenvalue weighted by Gasteiger charge is 2.45. The van der Waals surface area contributed by atoms with E-state index in [1.165, 1.54) is 12.3 Å². The van der Waals surface area contributed by atoms with Crippen LogP contribution in [0.1, 0.15) is 19.1 Å². The number of aromatic nitrogens is 2. The van der Waals surface area contributed by atoms with Crippen LogP contribution in [-0.4, -0.2) is 69.1 Å². The summed E-state index contributed by atoms with van der Waals surface area (Å²) < 4.78 is 16.9. The predicted molar refractivity (Wildman–Crippen MR) is 84.3 cm³/mol. The molecule has 11 nitrogen and oxygen atoms in total. The number of aliphatic hydroxyl groups excluding tert-OH is 2. The van der Waals surface area contributed by atoms with Crippen molar-refractivity contribution < 1.29 is 34.4 Å². The molecule has 26 heavy (non-hydrogen) atoms. The Kier molecular flexibility index (Phi) is 5.84. The normalized spacial score (nSPS) is 29.5. The quantitative estimate of drug-likeness (QED) is 0.360. The number of carbonyl (C=O) groups is 1. The number of carbonyl (C=O) groups excluding carboxylic acids is 1.